The van der Waals surface area contributed by atoms with E-state index in [1.165, 1.54) is 12.1 Å². The molecular weight excluding hydrogens is 291 g/mol. The number of hydrogen-bond donors (Lipinski definition) is 2. The van der Waals surface area contributed by atoms with E-state index < -0.39 is 0 Å². The summed E-state index contributed by atoms with van der Waals surface area (Å²) in [6, 6.07) is 12.9. The Morgan fingerprint density at radius 3 is 2.61 bits per heavy atom. The highest BCUT2D eigenvalue weighted by Gasteiger charge is 2.35. The summed E-state index contributed by atoms with van der Waals surface area (Å²) >= 11 is 0. The predicted molar refractivity (Wildman–Crippen MR) is 88.7 cm³/mol. The van der Waals surface area contributed by atoms with E-state index in [1.54, 1.807) is 6.07 Å². The van der Waals surface area contributed by atoms with Crippen molar-refractivity contribution in [3.63, 3.8) is 0 Å². The van der Waals surface area contributed by atoms with E-state index in [0.29, 0.717) is 6.04 Å². The molecule has 0 bridgehead atoms. The monoisotopic (exact) mass is 310 g/mol. The van der Waals surface area contributed by atoms with Crippen molar-refractivity contribution in [2.24, 2.45) is 5.73 Å². The lowest BCUT2D eigenvalue weighted by molar-refractivity contribution is 0.00570. The third kappa shape index (κ3) is 2.54. The van der Waals surface area contributed by atoms with Crippen LogP contribution in [0.4, 0.5) is 4.39 Å². The van der Waals surface area contributed by atoms with E-state index in [4.69, 9.17) is 5.73 Å². The number of halogens is 1. The lowest BCUT2D eigenvalue weighted by Gasteiger charge is -2.45. The molecule has 1 saturated carbocycles. The van der Waals surface area contributed by atoms with Gasteiger partial charge >= 0.3 is 0 Å². The fourth-order valence-electron chi connectivity index (χ4n) is 3.40. The molecule has 3 nitrogen and oxygen atoms in total. The van der Waals surface area contributed by atoms with E-state index >= 15 is 0 Å². The predicted octanol–water partition coefficient (Wildman–Crippen LogP) is 3.26. The molecule has 1 aliphatic carbocycles. The molecule has 3 N–H and O–H groups in total. The van der Waals surface area contributed by atoms with Crippen molar-refractivity contribution in [2.45, 2.75) is 31.2 Å². The molecule has 2 aromatic carbocycles. The van der Waals surface area contributed by atoms with Crippen LogP contribution in [-0.2, 0) is 0 Å². The second-order valence-corrected chi connectivity index (χ2v) is 6.34. The molecule has 1 unspecified atom stereocenters. The van der Waals surface area contributed by atoms with Crippen molar-refractivity contribution < 1.29 is 9.50 Å². The van der Waals surface area contributed by atoms with Crippen molar-refractivity contribution in [3.05, 3.63) is 65.6 Å². The van der Waals surface area contributed by atoms with Crippen LogP contribution in [0.5, 0.6) is 0 Å². The van der Waals surface area contributed by atoms with Crippen LogP contribution in [0.3, 0.4) is 0 Å². The normalized spacial score (nSPS) is 25.9. The molecule has 1 atom stereocenters. The Morgan fingerprint density at radius 1 is 1.09 bits per heavy atom. The third-order valence-corrected chi connectivity index (χ3v) is 4.82. The second-order valence-electron chi connectivity index (χ2n) is 6.34. The average Bonchev–Trinajstić information content (AvgIpc) is 2.53. The molecule has 1 fully saturated rings. The Kier molecular flexibility index (Phi) is 3.43. The average molecular weight is 310 g/mol. The van der Waals surface area contributed by atoms with Crippen molar-refractivity contribution >= 4 is 6.08 Å². The van der Waals surface area contributed by atoms with E-state index in [9.17, 15) is 9.50 Å². The molecule has 23 heavy (non-hydrogen) atoms. The van der Waals surface area contributed by atoms with Crippen LogP contribution in [0, 0.1) is 5.82 Å². The van der Waals surface area contributed by atoms with Crippen molar-refractivity contribution in [1.82, 2.24) is 4.90 Å². The summed E-state index contributed by atoms with van der Waals surface area (Å²) in [5, 5.41) is 9.52. The molecule has 0 radical (unpaired) electrons. The summed E-state index contributed by atoms with van der Waals surface area (Å²) in [5.41, 5.74) is 10.4. The van der Waals surface area contributed by atoms with Gasteiger partial charge in [-0.1, -0.05) is 24.3 Å². The van der Waals surface area contributed by atoms with Crippen LogP contribution >= 0.6 is 0 Å². The van der Waals surface area contributed by atoms with Gasteiger partial charge in [0.05, 0.1) is 6.10 Å². The Labute approximate surface area is 134 Å². The lowest BCUT2D eigenvalue weighted by atomic mass is 9.86. The van der Waals surface area contributed by atoms with Crippen LogP contribution in [0.1, 0.15) is 30.1 Å². The third-order valence-electron chi connectivity index (χ3n) is 4.82. The molecule has 4 heteroatoms. The molecule has 0 spiro atoms. The van der Waals surface area contributed by atoms with Gasteiger partial charge in [0.2, 0.25) is 0 Å². The van der Waals surface area contributed by atoms with Crippen molar-refractivity contribution in [2.75, 3.05) is 0 Å². The first-order valence-electron chi connectivity index (χ1n) is 7.91. The largest absolute Gasteiger partial charge is 0.393 e. The van der Waals surface area contributed by atoms with E-state index in [0.717, 1.165) is 35.1 Å². The number of aliphatic hydroxyl groups excluding tert-OH is 1. The number of aliphatic hydroxyl groups is 1. The molecule has 4 rings (SSSR count). The van der Waals surface area contributed by atoms with Gasteiger partial charge in [0.25, 0.3) is 0 Å². The van der Waals surface area contributed by atoms with Gasteiger partial charge in [-0.2, -0.15) is 0 Å². The second kappa shape index (κ2) is 5.48. The Hall–Kier alpha value is -2.17. The van der Waals surface area contributed by atoms with E-state index in [1.807, 2.05) is 30.5 Å². The Balaban J connectivity index is 1.68. The van der Waals surface area contributed by atoms with Crippen LogP contribution in [-0.4, -0.2) is 22.2 Å². The maximum Gasteiger partial charge on any atom is 0.123 e. The van der Waals surface area contributed by atoms with Crippen molar-refractivity contribution in [1.29, 1.82) is 0 Å². The minimum atomic E-state index is -0.241. The van der Waals surface area contributed by atoms with Crippen LogP contribution in [0.15, 0.2) is 48.7 Å². The molecule has 0 saturated heterocycles. The number of rotatable bonds is 2. The van der Waals surface area contributed by atoms with E-state index in [2.05, 4.69) is 11.0 Å². The van der Waals surface area contributed by atoms with Crippen LogP contribution < -0.4 is 5.73 Å². The van der Waals surface area contributed by atoms with Crippen LogP contribution in [0.25, 0.3) is 17.2 Å². The molecule has 0 aromatic heterocycles. The van der Waals surface area contributed by atoms with Crippen LogP contribution in [0.2, 0.25) is 0 Å². The summed E-state index contributed by atoms with van der Waals surface area (Å²) in [6.07, 6.45) is 5.15. The fourth-order valence-corrected chi connectivity index (χ4v) is 3.40. The Bertz CT molecular complexity index is 768. The first kappa shape index (κ1) is 14.4. The molecule has 0 amide bonds. The van der Waals surface area contributed by atoms with Gasteiger partial charge in [-0.15, -0.1) is 0 Å². The van der Waals surface area contributed by atoms with Gasteiger partial charge in [0.1, 0.15) is 12.0 Å². The molecular formula is C19H19FN2O. The SMILES string of the molecule is NC1c2cc(-c3cccc(F)c3)ccc2C=CN1C1CC(O)C1. The fraction of sp³-hybridized carbons (Fsp3) is 0.263. The van der Waals surface area contributed by atoms with Gasteiger partial charge in [-0.25, -0.2) is 4.39 Å². The summed E-state index contributed by atoms with van der Waals surface area (Å²) in [7, 11) is 0. The lowest BCUT2D eigenvalue weighted by Crippen LogP contribution is -2.49. The minimum absolute atomic E-state index is 0.208. The smallest absolute Gasteiger partial charge is 0.123 e. The molecule has 1 aliphatic heterocycles. The topological polar surface area (TPSA) is 49.5 Å². The molecule has 118 valence electrons. The quantitative estimate of drug-likeness (QED) is 0.895. The number of nitrogens with zero attached hydrogens (tertiary/aromatic N) is 1. The maximum absolute atomic E-state index is 13.5. The van der Waals surface area contributed by atoms with Crippen molar-refractivity contribution in [3.8, 4) is 11.1 Å². The maximum atomic E-state index is 13.5. The van der Waals surface area contributed by atoms with Gasteiger partial charge in [-0.3, -0.25) is 0 Å². The van der Waals surface area contributed by atoms with Gasteiger partial charge < -0.3 is 15.7 Å². The minimum Gasteiger partial charge on any atom is -0.393 e. The van der Waals surface area contributed by atoms with E-state index in [-0.39, 0.29) is 18.1 Å². The number of hydrogen-bond acceptors (Lipinski definition) is 3. The highest BCUT2D eigenvalue weighted by molar-refractivity contribution is 5.69. The standard InChI is InChI=1S/C19H19FN2O/c20-15-3-1-2-13(8-15)14-5-4-12-6-7-22(16-10-17(23)11-16)19(21)18(12)9-14/h1-9,16-17,19,23H,10-11,21H2. The molecule has 1 heterocycles. The Morgan fingerprint density at radius 2 is 1.87 bits per heavy atom. The van der Waals surface area contributed by atoms with Gasteiger partial charge in [0, 0.05) is 12.2 Å². The molecule has 2 aliphatic rings. The summed E-state index contributed by atoms with van der Waals surface area (Å²) in [5.74, 6) is -0.241. The highest BCUT2D eigenvalue weighted by atomic mass is 19.1. The zero-order valence-corrected chi connectivity index (χ0v) is 12.7. The first-order chi connectivity index (χ1) is 11.1. The number of benzene rings is 2. The highest BCUT2D eigenvalue weighted by Crippen LogP contribution is 2.36. The number of fused-ring (bicyclic) bond motifs is 1. The summed E-state index contributed by atoms with van der Waals surface area (Å²) < 4.78 is 13.5. The van der Waals surface area contributed by atoms with Gasteiger partial charge in [0.15, 0.2) is 0 Å². The number of nitrogens with two attached hydrogens (primary N) is 1. The zero-order valence-electron chi connectivity index (χ0n) is 12.7. The molecule has 2 aromatic rings. The van der Waals surface area contributed by atoms with Gasteiger partial charge in [-0.05, 0) is 59.4 Å². The zero-order chi connectivity index (χ0) is 16.0. The first-order valence-corrected chi connectivity index (χ1v) is 7.91. The summed E-state index contributed by atoms with van der Waals surface area (Å²) in [6.45, 7) is 0. The summed E-state index contributed by atoms with van der Waals surface area (Å²) in [4.78, 5) is 2.12.